The highest BCUT2D eigenvalue weighted by Gasteiger charge is 2.14. The molecule has 4 nitrogen and oxygen atoms in total. The molecular weight excluding hydrogens is 190 g/mol. The van der Waals surface area contributed by atoms with Gasteiger partial charge in [0, 0.05) is 0 Å². The molecule has 0 heterocycles. The summed E-state index contributed by atoms with van der Waals surface area (Å²) in [5.41, 5.74) is 0. The van der Waals surface area contributed by atoms with E-state index < -0.39 is 0 Å². The van der Waals surface area contributed by atoms with E-state index in [1.165, 1.54) is 19.1 Å². The second kappa shape index (κ2) is 6.80. The van der Waals surface area contributed by atoms with Crippen molar-refractivity contribution in [3.63, 3.8) is 0 Å². The highest BCUT2D eigenvalue weighted by molar-refractivity contribution is 8.02. The summed E-state index contributed by atoms with van der Waals surface area (Å²) < 4.78 is 12.6. The molecule has 76 valence electrons. The van der Waals surface area contributed by atoms with Crippen LogP contribution in [0.3, 0.4) is 0 Å². The molecule has 5 heteroatoms. The number of hydrogen-bond donors (Lipinski definition) is 1. The molecule has 0 aromatic rings. The molecule has 0 atom stereocenters. The maximum atomic E-state index is 11.3. The van der Waals surface area contributed by atoms with Crippen LogP contribution in [0.4, 0.5) is 0 Å². The van der Waals surface area contributed by atoms with Crippen LogP contribution in [0.25, 0.3) is 0 Å². The molecule has 0 unspecified atom stereocenters. The van der Waals surface area contributed by atoms with Crippen molar-refractivity contribution in [1.82, 2.24) is 4.72 Å². The van der Waals surface area contributed by atoms with Crippen molar-refractivity contribution in [2.75, 3.05) is 20.8 Å². The molecule has 0 spiro atoms. The Labute approximate surface area is 82.8 Å². The summed E-state index contributed by atoms with van der Waals surface area (Å²) in [6, 6.07) is 0. The number of esters is 1. The Morgan fingerprint density at radius 3 is 2.54 bits per heavy atom. The number of methoxy groups -OCH3 is 1. The molecule has 0 aliphatic rings. The minimum absolute atomic E-state index is 0.360. The maximum Gasteiger partial charge on any atom is 0.349 e. The predicted octanol–water partition coefficient (Wildman–Crippen LogP) is 1.29. The van der Waals surface area contributed by atoms with Crippen LogP contribution in [-0.2, 0) is 14.3 Å². The molecule has 0 rings (SSSR count). The Morgan fingerprint density at radius 1 is 1.54 bits per heavy atom. The van der Waals surface area contributed by atoms with E-state index in [0.29, 0.717) is 17.3 Å². The summed E-state index contributed by atoms with van der Waals surface area (Å²) in [6.45, 7) is 3.85. The number of rotatable bonds is 5. The van der Waals surface area contributed by atoms with Gasteiger partial charge in [-0.15, -0.1) is 0 Å². The second-order valence-corrected chi connectivity index (χ2v) is 3.14. The van der Waals surface area contributed by atoms with Gasteiger partial charge in [0.1, 0.15) is 10.7 Å². The summed E-state index contributed by atoms with van der Waals surface area (Å²) in [5.74, 6) is 0.194. The quantitative estimate of drug-likeness (QED) is 0.317. The molecule has 13 heavy (non-hydrogen) atoms. The van der Waals surface area contributed by atoms with Crippen molar-refractivity contribution in [3.8, 4) is 0 Å². The zero-order valence-corrected chi connectivity index (χ0v) is 9.16. The summed E-state index contributed by atoms with van der Waals surface area (Å²) >= 11 is 1.19. The fourth-order valence-corrected chi connectivity index (χ4v) is 1.22. The van der Waals surface area contributed by atoms with Crippen molar-refractivity contribution < 1.29 is 14.3 Å². The molecule has 0 aliphatic heterocycles. The lowest BCUT2D eigenvalue weighted by atomic mass is 10.5. The Morgan fingerprint density at radius 2 is 2.15 bits per heavy atom. The van der Waals surface area contributed by atoms with Gasteiger partial charge in [-0.2, -0.15) is 0 Å². The summed E-state index contributed by atoms with van der Waals surface area (Å²) in [4.78, 5) is 11.8. The van der Waals surface area contributed by atoms with Gasteiger partial charge in [-0.3, -0.25) is 4.72 Å². The number of carbonyl (C=O) groups is 1. The van der Waals surface area contributed by atoms with Crippen LogP contribution in [0, 0.1) is 0 Å². The van der Waals surface area contributed by atoms with Gasteiger partial charge in [-0.25, -0.2) is 4.79 Å². The molecule has 0 saturated heterocycles. The molecule has 0 amide bonds. The number of ether oxygens (including phenoxy) is 2. The number of hydrogen-bond acceptors (Lipinski definition) is 5. The van der Waals surface area contributed by atoms with Crippen LogP contribution in [0.1, 0.15) is 13.8 Å². The minimum atomic E-state index is -0.360. The van der Waals surface area contributed by atoms with Gasteiger partial charge < -0.3 is 9.47 Å². The summed E-state index contributed by atoms with van der Waals surface area (Å²) in [7, 11) is 3.25. The van der Waals surface area contributed by atoms with Crippen molar-refractivity contribution in [1.29, 1.82) is 0 Å². The monoisotopic (exact) mass is 205 g/mol. The molecular formula is C8H15NO3S. The van der Waals surface area contributed by atoms with Crippen molar-refractivity contribution in [3.05, 3.63) is 10.7 Å². The summed E-state index contributed by atoms with van der Waals surface area (Å²) in [5, 5.41) is 0. The van der Waals surface area contributed by atoms with Crippen LogP contribution >= 0.6 is 11.9 Å². The lowest BCUT2D eigenvalue weighted by molar-refractivity contribution is -0.137. The van der Waals surface area contributed by atoms with E-state index in [2.05, 4.69) is 4.72 Å². The molecule has 0 bridgehead atoms. The Kier molecular flexibility index (Phi) is 6.44. The third kappa shape index (κ3) is 4.19. The van der Waals surface area contributed by atoms with Crippen LogP contribution in [0.5, 0.6) is 0 Å². The smallest absolute Gasteiger partial charge is 0.349 e. The highest BCUT2D eigenvalue weighted by Crippen LogP contribution is 2.18. The van der Waals surface area contributed by atoms with Crippen LogP contribution < -0.4 is 4.72 Å². The largest absolute Gasteiger partial charge is 0.500 e. The minimum Gasteiger partial charge on any atom is -0.500 e. The zero-order valence-electron chi connectivity index (χ0n) is 8.34. The van der Waals surface area contributed by atoms with Gasteiger partial charge in [0.05, 0.1) is 13.7 Å². The van der Waals surface area contributed by atoms with Crippen LogP contribution in [-0.4, -0.2) is 26.7 Å². The first-order valence-electron chi connectivity index (χ1n) is 3.92. The Bertz CT molecular complexity index is 204. The normalized spacial score (nSPS) is 12.0. The van der Waals surface area contributed by atoms with Crippen molar-refractivity contribution >= 4 is 17.9 Å². The van der Waals surface area contributed by atoms with Gasteiger partial charge in [0.25, 0.3) is 0 Å². The standard InChI is InChI=1S/C8H15NO3S/c1-5-12-8(10)7(13-9-3)6(2)11-4/h9H,5H2,1-4H3/b7-6+. The summed E-state index contributed by atoms with van der Waals surface area (Å²) in [6.07, 6.45) is 0. The Hall–Kier alpha value is -0.680. The van der Waals surface area contributed by atoms with Crippen LogP contribution in [0.15, 0.2) is 10.7 Å². The van der Waals surface area contributed by atoms with Gasteiger partial charge in [0.2, 0.25) is 0 Å². The molecule has 0 aromatic carbocycles. The SMILES string of the molecule is CCOC(=O)/C(SNC)=C(/C)OC. The molecule has 0 aliphatic carbocycles. The van der Waals surface area contributed by atoms with E-state index >= 15 is 0 Å². The third-order valence-electron chi connectivity index (χ3n) is 1.29. The predicted molar refractivity (Wildman–Crippen MR) is 53.0 cm³/mol. The van der Waals surface area contributed by atoms with Crippen molar-refractivity contribution in [2.24, 2.45) is 0 Å². The fraction of sp³-hybridized carbons (Fsp3) is 0.625. The first-order chi connectivity index (χ1) is 6.17. The average Bonchev–Trinajstić information content (AvgIpc) is 2.13. The van der Waals surface area contributed by atoms with E-state index in [0.717, 1.165) is 0 Å². The molecule has 1 N–H and O–H groups in total. The van der Waals surface area contributed by atoms with Gasteiger partial charge >= 0.3 is 5.97 Å². The molecule has 0 fully saturated rings. The number of carbonyl (C=O) groups excluding carboxylic acids is 1. The first-order valence-corrected chi connectivity index (χ1v) is 4.74. The van der Waals surface area contributed by atoms with E-state index in [1.54, 1.807) is 20.9 Å². The van der Waals surface area contributed by atoms with Gasteiger partial charge in [-0.05, 0) is 32.8 Å². The fourth-order valence-electron chi connectivity index (χ4n) is 0.649. The highest BCUT2D eigenvalue weighted by atomic mass is 32.2. The third-order valence-corrected chi connectivity index (χ3v) is 2.15. The van der Waals surface area contributed by atoms with E-state index in [4.69, 9.17) is 9.47 Å². The lowest BCUT2D eigenvalue weighted by Crippen LogP contribution is -2.10. The van der Waals surface area contributed by atoms with E-state index in [-0.39, 0.29) is 5.97 Å². The zero-order chi connectivity index (χ0) is 10.3. The molecule has 0 saturated carbocycles. The average molecular weight is 205 g/mol. The van der Waals surface area contributed by atoms with Gasteiger partial charge in [0.15, 0.2) is 0 Å². The van der Waals surface area contributed by atoms with Crippen molar-refractivity contribution in [2.45, 2.75) is 13.8 Å². The maximum absolute atomic E-state index is 11.3. The van der Waals surface area contributed by atoms with E-state index in [9.17, 15) is 4.79 Å². The second-order valence-electron chi connectivity index (χ2n) is 2.12. The number of nitrogens with one attached hydrogen (secondary N) is 1. The van der Waals surface area contributed by atoms with Crippen LogP contribution in [0.2, 0.25) is 0 Å². The molecule has 0 aromatic heterocycles. The number of allylic oxidation sites excluding steroid dienone is 1. The lowest BCUT2D eigenvalue weighted by Gasteiger charge is -2.08. The van der Waals surface area contributed by atoms with Gasteiger partial charge in [-0.1, -0.05) is 0 Å². The topological polar surface area (TPSA) is 47.6 Å². The Balaban J connectivity index is 4.50. The van der Waals surface area contributed by atoms with E-state index in [1.807, 2.05) is 0 Å². The first kappa shape index (κ1) is 12.3. The molecule has 0 radical (unpaired) electrons.